The van der Waals surface area contributed by atoms with Crippen molar-refractivity contribution in [1.29, 1.82) is 0 Å². The van der Waals surface area contributed by atoms with Gasteiger partial charge in [-0.3, -0.25) is 4.68 Å². The Balaban J connectivity index is 1.82. The van der Waals surface area contributed by atoms with E-state index in [0.717, 1.165) is 18.0 Å². The van der Waals surface area contributed by atoms with E-state index in [1.165, 1.54) is 32.1 Å². The Kier molecular flexibility index (Phi) is 4.21. The number of hydrogen-bond acceptors (Lipinski definition) is 2. The molecule has 1 atom stereocenters. The second-order valence-corrected chi connectivity index (χ2v) is 5.73. The van der Waals surface area contributed by atoms with Gasteiger partial charge >= 0.3 is 0 Å². The summed E-state index contributed by atoms with van der Waals surface area (Å²) in [5, 5.41) is 4.56. The molecule has 0 saturated heterocycles. The first-order chi connectivity index (χ1) is 8.15. The van der Waals surface area contributed by atoms with Crippen molar-refractivity contribution >= 4 is 0 Å². The maximum absolute atomic E-state index is 6.22. The molecule has 1 aliphatic carbocycles. The lowest BCUT2D eigenvalue weighted by Crippen LogP contribution is -2.25. The van der Waals surface area contributed by atoms with Crippen LogP contribution in [0.5, 0.6) is 0 Å². The molecule has 1 fully saturated rings. The zero-order valence-corrected chi connectivity index (χ0v) is 11.1. The Morgan fingerprint density at radius 2 is 2.12 bits per heavy atom. The van der Waals surface area contributed by atoms with Gasteiger partial charge in [0.15, 0.2) is 0 Å². The van der Waals surface area contributed by atoms with Crippen LogP contribution in [0.4, 0.5) is 0 Å². The van der Waals surface area contributed by atoms with Crippen LogP contribution in [0.2, 0.25) is 0 Å². The van der Waals surface area contributed by atoms with Crippen molar-refractivity contribution in [2.75, 3.05) is 0 Å². The summed E-state index contributed by atoms with van der Waals surface area (Å²) in [4.78, 5) is 0. The number of hydrogen-bond donors (Lipinski definition) is 1. The van der Waals surface area contributed by atoms with Crippen LogP contribution in [0.3, 0.4) is 0 Å². The molecule has 2 rings (SSSR count). The quantitative estimate of drug-likeness (QED) is 0.852. The van der Waals surface area contributed by atoms with Crippen LogP contribution < -0.4 is 5.73 Å². The predicted molar refractivity (Wildman–Crippen MR) is 70.9 cm³/mol. The van der Waals surface area contributed by atoms with Crippen LogP contribution in [-0.2, 0) is 6.42 Å². The molecule has 1 aromatic heterocycles. The third-order valence-corrected chi connectivity index (χ3v) is 3.77. The zero-order valence-electron chi connectivity index (χ0n) is 11.1. The Bertz CT molecular complexity index is 337. The fourth-order valence-corrected chi connectivity index (χ4v) is 2.80. The van der Waals surface area contributed by atoms with Crippen LogP contribution >= 0.6 is 0 Å². The Labute approximate surface area is 104 Å². The summed E-state index contributed by atoms with van der Waals surface area (Å²) in [6.07, 6.45) is 9.73. The molecule has 1 saturated carbocycles. The van der Waals surface area contributed by atoms with E-state index in [9.17, 15) is 0 Å². The number of nitrogens with two attached hydrogens (primary N) is 1. The second-order valence-electron chi connectivity index (χ2n) is 5.73. The van der Waals surface area contributed by atoms with E-state index in [4.69, 9.17) is 5.73 Å². The van der Waals surface area contributed by atoms with Gasteiger partial charge in [0.2, 0.25) is 0 Å². The Hall–Kier alpha value is -0.830. The molecule has 2 N–H and O–H groups in total. The van der Waals surface area contributed by atoms with Gasteiger partial charge in [-0.2, -0.15) is 5.10 Å². The van der Waals surface area contributed by atoms with Crippen molar-refractivity contribution in [1.82, 2.24) is 9.78 Å². The van der Waals surface area contributed by atoms with Gasteiger partial charge in [-0.25, -0.2) is 0 Å². The lowest BCUT2D eigenvalue weighted by molar-refractivity contribution is 0.435. The first kappa shape index (κ1) is 12.6. The molecular weight excluding hydrogens is 210 g/mol. The van der Waals surface area contributed by atoms with E-state index in [2.05, 4.69) is 31.2 Å². The van der Waals surface area contributed by atoms with E-state index >= 15 is 0 Å². The summed E-state index contributed by atoms with van der Waals surface area (Å²) < 4.78 is 2.01. The smallest absolute Gasteiger partial charge is 0.0640 e. The summed E-state index contributed by atoms with van der Waals surface area (Å²) in [5.74, 6) is 0.872. The summed E-state index contributed by atoms with van der Waals surface area (Å²) in [7, 11) is 0. The lowest BCUT2D eigenvalue weighted by Gasteiger charge is -2.15. The van der Waals surface area contributed by atoms with Crippen LogP contribution in [0.15, 0.2) is 12.3 Å². The van der Waals surface area contributed by atoms with Crippen molar-refractivity contribution in [3.8, 4) is 0 Å². The Morgan fingerprint density at radius 3 is 2.71 bits per heavy atom. The highest BCUT2D eigenvalue weighted by Crippen LogP contribution is 2.28. The monoisotopic (exact) mass is 235 g/mol. The third kappa shape index (κ3) is 3.56. The van der Waals surface area contributed by atoms with Crippen LogP contribution in [0.1, 0.15) is 57.7 Å². The van der Waals surface area contributed by atoms with Crippen LogP contribution in [0.25, 0.3) is 0 Å². The topological polar surface area (TPSA) is 43.8 Å². The highest BCUT2D eigenvalue weighted by Gasteiger charge is 2.18. The maximum Gasteiger partial charge on any atom is 0.0640 e. The summed E-state index contributed by atoms with van der Waals surface area (Å²) in [6.45, 7) is 4.30. The SMILES string of the molecule is CC(C)n1ccc(CC(N)CC2CCCC2)n1. The van der Waals surface area contributed by atoms with Crippen molar-refractivity contribution in [2.45, 2.75) is 64.5 Å². The van der Waals surface area contributed by atoms with Crippen molar-refractivity contribution < 1.29 is 0 Å². The number of aromatic nitrogens is 2. The average Bonchev–Trinajstić information content (AvgIpc) is 2.88. The van der Waals surface area contributed by atoms with Gasteiger partial charge in [0.25, 0.3) is 0 Å². The molecule has 3 nitrogen and oxygen atoms in total. The third-order valence-electron chi connectivity index (χ3n) is 3.77. The fraction of sp³-hybridized carbons (Fsp3) is 0.786. The highest BCUT2D eigenvalue weighted by atomic mass is 15.3. The zero-order chi connectivity index (χ0) is 12.3. The van der Waals surface area contributed by atoms with Crippen molar-refractivity contribution in [2.24, 2.45) is 11.7 Å². The second kappa shape index (κ2) is 5.67. The normalized spacial score (nSPS) is 19.1. The molecule has 0 radical (unpaired) electrons. The van der Waals surface area contributed by atoms with Gasteiger partial charge in [0.1, 0.15) is 0 Å². The van der Waals surface area contributed by atoms with Gasteiger partial charge < -0.3 is 5.73 Å². The van der Waals surface area contributed by atoms with Gasteiger partial charge in [-0.15, -0.1) is 0 Å². The minimum atomic E-state index is 0.286. The van der Waals surface area contributed by atoms with Gasteiger partial charge in [0.05, 0.1) is 5.69 Å². The fourth-order valence-electron chi connectivity index (χ4n) is 2.80. The molecule has 0 aliphatic heterocycles. The summed E-state index contributed by atoms with van der Waals surface area (Å²) >= 11 is 0. The van der Waals surface area contributed by atoms with Gasteiger partial charge in [-0.05, 0) is 32.3 Å². The molecule has 1 unspecified atom stereocenters. The predicted octanol–water partition coefficient (Wildman–Crippen LogP) is 2.91. The van der Waals surface area contributed by atoms with E-state index in [0.29, 0.717) is 6.04 Å². The first-order valence-electron chi connectivity index (χ1n) is 6.94. The minimum Gasteiger partial charge on any atom is -0.327 e. The summed E-state index contributed by atoms with van der Waals surface area (Å²) in [6, 6.07) is 2.83. The molecule has 1 aromatic rings. The maximum atomic E-state index is 6.22. The largest absolute Gasteiger partial charge is 0.327 e. The molecule has 17 heavy (non-hydrogen) atoms. The molecule has 3 heteroatoms. The molecule has 96 valence electrons. The van der Waals surface area contributed by atoms with E-state index in [1.54, 1.807) is 0 Å². The number of rotatable bonds is 5. The molecule has 0 aromatic carbocycles. The molecule has 0 amide bonds. The van der Waals surface area contributed by atoms with Gasteiger partial charge in [0, 0.05) is 24.7 Å². The molecule has 1 heterocycles. The first-order valence-corrected chi connectivity index (χ1v) is 6.94. The standard InChI is InChI=1S/C14H25N3/c1-11(2)17-8-7-14(16-17)10-13(15)9-12-5-3-4-6-12/h7-8,11-13H,3-6,9-10,15H2,1-2H3. The lowest BCUT2D eigenvalue weighted by atomic mass is 9.96. The van der Waals surface area contributed by atoms with E-state index in [-0.39, 0.29) is 6.04 Å². The van der Waals surface area contributed by atoms with Crippen LogP contribution in [-0.4, -0.2) is 15.8 Å². The molecule has 0 bridgehead atoms. The van der Waals surface area contributed by atoms with Gasteiger partial charge in [-0.1, -0.05) is 25.7 Å². The highest BCUT2D eigenvalue weighted by molar-refractivity contribution is 5.02. The van der Waals surface area contributed by atoms with Crippen molar-refractivity contribution in [3.05, 3.63) is 18.0 Å². The molecule has 1 aliphatic rings. The Morgan fingerprint density at radius 1 is 1.41 bits per heavy atom. The van der Waals surface area contributed by atoms with E-state index in [1.807, 2.05) is 4.68 Å². The summed E-state index contributed by atoms with van der Waals surface area (Å²) in [5.41, 5.74) is 7.36. The minimum absolute atomic E-state index is 0.286. The molecule has 0 spiro atoms. The number of nitrogens with zero attached hydrogens (tertiary/aromatic N) is 2. The van der Waals surface area contributed by atoms with E-state index < -0.39 is 0 Å². The van der Waals surface area contributed by atoms with Crippen LogP contribution in [0, 0.1) is 5.92 Å². The molecular formula is C14H25N3. The van der Waals surface area contributed by atoms with Crippen molar-refractivity contribution in [3.63, 3.8) is 0 Å². The average molecular weight is 235 g/mol.